The van der Waals surface area contributed by atoms with Crippen LogP contribution in [0.15, 0.2) is 79.2 Å². The van der Waals surface area contributed by atoms with Crippen LogP contribution in [0, 0.1) is 5.92 Å². The van der Waals surface area contributed by atoms with Gasteiger partial charge in [0.2, 0.25) is 0 Å². The second kappa shape index (κ2) is 14.0. The Balaban J connectivity index is 0.999. The van der Waals surface area contributed by atoms with Crippen molar-refractivity contribution in [1.82, 2.24) is 10.2 Å². The van der Waals surface area contributed by atoms with E-state index in [0.717, 1.165) is 96.2 Å². The molecule has 8 rings (SSSR count). The Kier molecular flexibility index (Phi) is 9.47. The number of rotatable bonds is 9. The number of hydrogen-bond acceptors (Lipinski definition) is 6. The highest BCUT2D eigenvalue weighted by molar-refractivity contribution is 7.92. The van der Waals surface area contributed by atoms with Crippen LogP contribution in [0.25, 0.3) is 0 Å². The van der Waals surface area contributed by atoms with Crippen LogP contribution in [0.4, 0.5) is 21.0 Å². The van der Waals surface area contributed by atoms with Crippen LogP contribution in [0.5, 0.6) is 0 Å². The Bertz CT molecular complexity index is 2460. The van der Waals surface area contributed by atoms with Gasteiger partial charge in [0.1, 0.15) is 19.8 Å². The first-order valence-electron chi connectivity index (χ1n) is 18.3. The molecule has 4 aromatic carbocycles. The van der Waals surface area contributed by atoms with Gasteiger partial charge in [0, 0.05) is 24.5 Å². The van der Waals surface area contributed by atoms with Gasteiger partial charge in [0.05, 0.1) is 9.79 Å². The first-order valence-corrected chi connectivity index (χ1v) is 21.5. The number of benzene rings is 4. The molecule has 4 aliphatic rings. The predicted molar refractivity (Wildman–Crippen MR) is 212 cm³/mol. The molecule has 12 nitrogen and oxygen atoms in total. The van der Waals surface area contributed by atoms with Gasteiger partial charge in [-0.1, -0.05) is 36.4 Å². The lowest BCUT2D eigenvalue weighted by Gasteiger charge is -2.40. The molecule has 4 atom stereocenters. The van der Waals surface area contributed by atoms with Crippen LogP contribution in [-0.2, 0) is 77.9 Å². The maximum absolute atomic E-state index is 13.4. The minimum absolute atomic E-state index is 0.278. The number of aryl methyl sites for hydroxylation is 2. The van der Waals surface area contributed by atoms with Crippen molar-refractivity contribution >= 4 is 43.3 Å². The first kappa shape index (κ1) is 36.5. The van der Waals surface area contributed by atoms with Gasteiger partial charge in [-0.3, -0.25) is 0 Å². The van der Waals surface area contributed by atoms with E-state index in [4.69, 9.17) is 10.3 Å². The fourth-order valence-electron chi connectivity index (χ4n) is 8.48. The summed E-state index contributed by atoms with van der Waals surface area (Å²) in [7, 11) is -1.10. The molecule has 4 aromatic rings. The van der Waals surface area contributed by atoms with Crippen molar-refractivity contribution < 1.29 is 18.0 Å². The lowest BCUT2D eigenvalue weighted by atomic mass is 9.65. The summed E-state index contributed by atoms with van der Waals surface area (Å²) in [6.45, 7) is 1.38. The van der Waals surface area contributed by atoms with Gasteiger partial charge in [-0.05, 0) is 158 Å². The number of nitrogens with two attached hydrogens (primary N) is 2. The van der Waals surface area contributed by atoms with E-state index >= 15 is 0 Å². The van der Waals surface area contributed by atoms with Crippen molar-refractivity contribution in [3.05, 3.63) is 116 Å². The summed E-state index contributed by atoms with van der Waals surface area (Å²) in [5, 5.41) is 21.3. The minimum atomic E-state index is -3.45. The van der Waals surface area contributed by atoms with E-state index in [1.165, 1.54) is 22.3 Å². The molecule has 14 heteroatoms. The molecule has 4 unspecified atom stereocenters. The standard InChI is InChI=1S/C40H46N8O4S2/c1-43-21-23-4-10-29(11-5-23)53(41,51)46-39(49)44-37-31-14-8-25(31)16-27-17-28(19-34(27)37)33-20-36-35(33)18-26-9-15-32(26)38(36)45-40(50)47-54(42,52)30-12-6-24(7-13-30)22-48(2)3/h4-7,10-13,16,18,28,33,43H,8-9,14-15,17,19-22H2,1-3H3,(H3,41,44,46,49,51)(H3,42,45,47,50,52). The van der Waals surface area contributed by atoms with E-state index in [0.29, 0.717) is 22.3 Å². The largest absolute Gasteiger partial charge is 0.354 e. The minimum Gasteiger partial charge on any atom is -0.316 e. The maximum Gasteiger partial charge on any atom is 0.354 e. The third kappa shape index (κ3) is 6.86. The van der Waals surface area contributed by atoms with E-state index in [-0.39, 0.29) is 5.92 Å². The number of carbonyl (C=O) groups is 2. The van der Waals surface area contributed by atoms with Gasteiger partial charge in [-0.2, -0.15) is 0 Å². The van der Waals surface area contributed by atoms with Gasteiger partial charge in [0.15, 0.2) is 0 Å². The molecule has 0 heterocycles. The number of hydrogen-bond donors (Lipinski definition) is 5. The molecular weight excluding hydrogens is 721 g/mol. The molecule has 4 aliphatic carbocycles. The predicted octanol–water partition coefficient (Wildman–Crippen LogP) is 5.58. The Morgan fingerprint density at radius 1 is 0.704 bits per heavy atom. The Labute approximate surface area is 317 Å². The molecule has 0 aromatic heterocycles. The van der Waals surface area contributed by atoms with E-state index < -0.39 is 31.9 Å². The first-order chi connectivity index (χ1) is 25.8. The van der Waals surface area contributed by atoms with Crippen LogP contribution >= 0.6 is 0 Å². The summed E-state index contributed by atoms with van der Waals surface area (Å²) >= 11 is 0. The zero-order valence-corrected chi connectivity index (χ0v) is 32.4. The van der Waals surface area contributed by atoms with Gasteiger partial charge in [0.25, 0.3) is 0 Å². The summed E-state index contributed by atoms with van der Waals surface area (Å²) in [6.07, 6.45) is 6.05. The lowest BCUT2D eigenvalue weighted by Crippen LogP contribution is -2.31. The average molecular weight is 767 g/mol. The van der Waals surface area contributed by atoms with Gasteiger partial charge in [-0.15, -0.1) is 8.73 Å². The van der Waals surface area contributed by atoms with E-state index in [9.17, 15) is 18.0 Å². The Morgan fingerprint density at radius 2 is 1.24 bits per heavy atom. The third-order valence-electron chi connectivity index (χ3n) is 11.3. The highest BCUT2D eigenvalue weighted by Gasteiger charge is 2.42. The van der Waals surface area contributed by atoms with E-state index in [1.54, 1.807) is 24.3 Å². The van der Waals surface area contributed by atoms with Crippen LogP contribution in [-0.4, -0.2) is 46.5 Å². The Hall–Kier alpha value is -4.44. The summed E-state index contributed by atoms with van der Waals surface area (Å²) in [6, 6.07) is 17.1. The maximum atomic E-state index is 13.4. The normalized spacial score (nSPS) is 19.7. The molecule has 0 bridgehead atoms. The number of nitrogens with zero attached hydrogens (tertiary/aromatic N) is 3. The molecule has 7 N–H and O–H groups in total. The van der Waals surface area contributed by atoms with Crippen LogP contribution < -0.4 is 26.2 Å². The van der Waals surface area contributed by atoms with Crippen molar-refractivity contribution in [2.75, 3.05) is 31.8 Å². The molecule has 0 saturated carbocycles. The van der Waals surface area contributed by atoms with Gasteiger partial charge >= 0.3 is 12.1 Å². The summed E-state index contributed by atoms with van der Waals surface area (Å²) in [5.74, 6) is 0.584. The van der Waals surface area contributed by atoms with Crippen molar-refractivity contribution in [2.24, 2.45) is 24.9 Å². The second-order valence-electron chi connectivity index (χ2n) is 15.2. The summed E-state index contributed by atoms with van der Waals surface area (Å²) < 4.78 is 34.7. The lowest BCUT2D eigenvalue weighted by molar-refractivity contribution is 0.259. The molecule has 4 amide bonds. The van der Waals surface area contributed by atoms with Crippen molar-refractivity contribution in [3.63, 3.8) is 0 Å². The molecule has 0 saturated heterocycles. The zero-order valence-electron chi connectivity index (χ0n) is 30.7. The van der Waals surface area contributed by atoms with E-state index in [2.05, 4.69) is 36.8 Å². The second-order valence-corrected chi connectivity index (χ2v) is 18.8. The van der Waals surface area contributed by atoms with Crippen molar-refractivity contribution in [3.8, 4) is 0 Å². The smallest absolute Gasteiger partial charge is 0.316 e. The number of fused-ring (bicyclic) bond motifs is 4. The fraction of sp³-hybridized carbons (Fsp3) is 0.350. The van der Waals surface area contributed by atoms with Crippen LogP contribution in [0.3, 0.4) is 0 Å². The SMILES string of the molecule is CNCc1ccc(S(N)(=O)=NC(=O)Nc2c3c(cc4c2CC(C2Cc5c2cc2c(c5NC(=O)N=S(N)(=O)c5ccc(CN(C)C)cc5)CC2)C4)CC3)cc1. The zero-order chi connectivity index (χ0) is 37.9. The number of urea groups is 2. The van der Waals surface area contributed by atoms with Gasteiger partial charge < -0.3 is 20.9 Å². The molecule has 282 valence electrons. The third-order valence-corrected chi connectivity index (χ3v) is 14.1. The molecular formula is C40H46N8O4S2. The van der Waals surface area contributed by atoms with Crippen LogP contribution in [0.2, 0.25) is 0 Å². The molecule has 0 spiro atoms. The van der Waals surface area contributed by atoms with Crippen LogP contribution in [0.1, 0.15) is 61.6 Å². The fourth-order valence-corrected chi connectivity index (χ4v) is 10.3. The number of amides is 4. The molecule has 0 fully saturated rings. The summed E-state index contributed by atoms with van der Waals surface area (Å²) in [4.78, 5) is 29.2. The van der Waals surface area contributed by atoms with E-state index in [1.807, 2.05) is 50.3 Å². The Morgan fingerprint density at radius 3 is 1.76 bits per heavy atom. The summed E-state index contributed by atoms with van der Waals surface area (Å²) in [5.41, 5.74) is 12.9. The number of carbonyl (C=O) groups excluding carboxylic acids is 2. The van der Waals surface area contributed by atoms with Crippen molar-refractivity contribution in [2.45, 2.75) is 73.7 Å². The molecule has 0 radical (unpaired) electrons. The quantitative estimate of drug-likeness (QED) is 0.148. The topological polar surface area (TPSA) is 184 Å². The average Bonchev–Trinajstić information content (AvgIpc) is 3.48. The molecule has 0 aliphatic heterocycles. The van der Waals surface area contributed by atoms with Crippen molar-refractivity contribution in [1.29, 1.82) is 0 Å². The highest BCUT2D eigenvalue weighted by atomic mass is 32.2. The monoisotopic (exact) mass is 766 g/mol. The molecule has 54 heavy (non-hydrogen) atoms. The van der Waals surface area contributed by atoms with Gasteiger partial charge in [-0.25, -0.2) is 28.3 Å². The number of nitrogens with one attached hydrogen (secondary N) is 3. The highest BCUT2D eigenvalue weighted by Crippen LogP contribution is 2.53. The number of anilines is 2.